The lowest BCUT2D eigenvalue weighted by Crippen LogP contribution is -2.35. The SMILES string of the molecule is COCCOCCCCNCC1CCN(C)CC1. The molecule has 0 saturated carbocycles. The molecular formula is C14H30N2O2. The van der Waals surface area contributed by atoms with Gasteiger partial charge in [-0.3, -0.25) is 0 Å². The van der Waals surface area contributed by atoms with Crippen LogP contribution in [0.2, 0.25) is 0 Å². The van der Waals surface area contributed by atoms with E-state index in [2.05, 4.69) is 17.3 Å². The summed E-state index contributed by atoms with van der Waals surface area (Å²) in [6.45, 7) is 7.13. The van der Waals surface area contributed by atoms with Gasteiger partial charge in [0.1, 0.15) is 0 Å². The largest absolute Gasteiger partial charge is 0.382 e. The van der Waals surface area contributed by atoms with Crippen LogP contribution in [0.25, 0.3) is 0 Å². The Kier molecular flexibility index (Phi) is 9.48. The molecule has 0 unspecified atom stereocenters. The van der Waals surface area contributed by atoms with E-state index in [9.17, 15) is 0 Å². The average molecular weight is 258 g/mol. The van der Waals surface area contributed by atoms with Crippen molar-refractivity contribution < 1.29 is 9.47 Å². The molecule has 18 heavy (non-hydrogen) atoms. The summed E-state index contributed by atoms with van der Waals surface area (Å²) >= 11 is 0. The van der Waals surface area contributed by atoms with Crippen molar-refractivity contribution in [3.05, 3.63) is 0 Å². The second-order valence-electron chi connectivity index (χ2n) is 5.26. The minimum atomic E-state index is 0.703. The van der Waals surface area contributed by atoms with Gasteiger partial charge in [-0.2, -0.15) is 0 Å². The number of rotatable bonds is 10. The minimum Gasteiger partial charge on any atom is -0.382 e. The van der Waals surface area contributed by atoms with Crippen molar-refractivity contribution in [2.75, 3.05) is 60.2 Å². The molecule has 0 aliphatic carbocycles. The number of nitrogens with zero attached hydrogens (tertiary/aromatic N) is 1. The van der Waals surface area contributed by atoms with Crippen molar-refractivity contribution in [1.29, 1.82) is 0 Å². The molecule has 1 aliphatic rings. The number of ether oxygens (including phenoxy) is 2. The third kappa shape index (κ3) is 8.03. The Morgan fingerprint density at radius 3 is 2.61 bits per heavy atom. The molecule has 0 aromatic rings. The quantitative estimate of drug-likeness (QED) is 0.600. The Labute approximate surface area is 112 Å². The van der Waals surface area contributed by atoms with E-state index in [0.29, 0.717) is 6.61 Å². The first-order chi connectivity index (χ1) is 8.83. The first-order valence-corrected chi connectivity index (χ1v) is 7.29. The Hall–Kier alpha value is -0.160. The van der Waals surface area contributed by atoms with Crippen LogP contribution in [0, 0.1) is 5.92 Å². The van der Waals surface area contributed by atoms with Gasteiger partial charge in [0.15, 0.2) is 0 Å². The van der Waals surface area contributed by atoms with Crippen LogP contribution in [-0.4, -0.2) is 65.1 Å². The third-order valence-corrected chi connectivity index (χ3v) is 3.60. The number of likely N-dealkylation sites (tertiary alicyclic amines) is 1. The zero-order valence-corrected chi connectivity index (χ0v) is 12.1. The molecule has 0 spiro atoms. The van der Waals surface area contributed by atoms with Crippen LogP contribution in [0.5, 0.6) is 0 Å². The molecule has 4 nitrogen and oxygen atoms in total. The Morgan fingerprint density at radius 1 is 1.11 bits per heavy atom. The number of piperidine rings is 1. The lowest BCUT2D eigenvalue weighted by molar-refractivity contribution is 0.0687. The highest BCUT2D eigenvalue weighted by molar-refractivity contribution is 4.71. The van der Waals surface area contributed by atoms with Crippen molar-refractivity contribution in [3.63, 3.8) is 0 Å². The Balaban J connectivity index is 1.78. The van der Waals surface area contributed by atoms with Crippen molar-refractivity contribution >= 4 is 0 Å². The summed E-state index contributed by atoms with van der Waals surface area (Å²) in [6.07, 6.45) is 5.05. The third-order valence-electron chi connectivity index (χ3n) is 3.60. The molecule has 1 N–H and O–H groups in total. The zero-order chi connectivity index (χ0) is 13.1. The second-order valence-corrected chi connectivity index (χ2v) is 5.26. The van der Waals surface area contributed by atoms with E-state index in [1.165, 1.54) is 38.9 Å². The van der Waals surface area contributed by atoms with Crippen molar-refractivity contribution in [3.8, 4) is 0 Å². The van der Waals surface area contributed by atoms with Gasteiger partial charge in [-0.15, -0.1) is 0 Å². The van der Waals surface area contributed by atoms with Gasteiger partial charge >= 0.3 is 0 Å². The van der Waals surface area contributed by atoms with Gasteiger partial charge in [0.05, 0.1) is 13.2 Å². The standard InChI is InChI=1S/C14H30N2O2/c1-16-8-5-14(6-9-16)13-15-7-3-4-10-18-12-11-17-2/h14-15H,3-13H2,1-2H3. The molecule has 108 valence electrons. The summed E-state index contributed by atoms with van der Waals surface area (Å²) in [6, 6.07) is 0. The average Bonchev–Trinajstić information content (AvgIpc) is 2.39. The second kappa shape index (κ2) is 10.7. The number of hydrogen-bond donors (Lipinski definition) is 1. The topological polar surface area (TPSA) is 33.7 Å². The van der Waals surface area contributed by atoms with Crippen LogP contribution in [0.15, 0.2) is 0 Å². The highest BCUT2D eigenvalue weighted by atomic mass is 16.5. The monoisotopic (exact) mass is 258 g/mol. The normalized spacial score (nSPS) is 18.3. The predicted octanol–water partition coefficient (Wildman–Crippen LogP) is 1.36. The summed E-state index contributed by atoms with van der Waals surface area (Å²) in [4.78, 5) is 2.42. The number of nitrogens with one attached hydrogen (secondary N) is 1. The van der Waals surface area contributed by atoms with E-state index in [-0.39, 0.29) is 0 Å². The highest BCUT2D eigenvalue weighted by Crippen LogP contribution is 2.14. The van der Waals surface area contributed by atoms with Gasteiger partial charge in [0.25, 0.3) is 0 Å². The molecule has 0 bridgehead atoms. The fourth-order valence-corrected chi connectivity index (χ4v) is 2.27. The summed E-state index contributed by atoms with van der Waals surface area (Å²) < 4.78 is 10.3. The molecule has 1 aliphatic heterocycles. The fourth-order valence-electron chi connectivity index (χ4n) is 2.27. The maximum absolute atomic E-state index is 5.42. The van der Waals surface area contributed by atoms with E-state index in [1.807, 2.05) is 0 Å². The molecule has 4 heteroatoms. The Morgan fingerprint density at radius 2 is 1.89 bits per heavy atom. The Bertz CT molecular complexity index is 183. The summed E-state index contributed by atoms with van der Waals surface area (Å²) in [7, 11) is 3.92. The molecule has 0 radical (unpaired) electrons. The van der Waals surface area contributed by atoms with Crippen LogP contribution in [0.1, 0.15) is 25.7 Å². The van der Waals surface area contributed by atoms with Gasteiger partial charge in [0.2, 0.25) is 0 Å². The molecule has 0 aromatic heterocycles. The van der Waals surface area contributed by atoms with Crippen LogP contribution in [-0.2, 0) is 9.47 Å². The number of unbranched alkanes of at least 4 members (excludes halogenated alkanes) is 1. The molecular weight excluding hydrogens is 228 g/mol. The smallest absolute Gasteiger partial charge is 0.0700 e. The summed E-state index contributed by atoms with van der Waals surface area (Å²) in [5.41, 5.74) is 0. The maximum atomic E-state index is 5.42. The molecule has 0 atom stereocenters. The van der Waals surface area contributed by atoms with Crippen molar-refractivity contribution in [1.82, 2.24) is 10.2 Å². The van der Waals surface area contributed by atoms with E-state index in [4.69, 9.17) is 9.47 Å². The first-order valence-electron chi connectivity index (χ1n) is 7.29. The molecule has 1 saturated heterocycles. The fraction of sp³-hybridized carbons (Fsp3) is 1.00. The van der Waals surface area contributed by atoms with Gasteiger partial charge in [0, 0.05) is 13.7 Å². The van der Waals surface area contributed by atoms with Crippen molar-refractivity contribution in [2.24, 2.45) is 5.92 Å². The summed E-state index contributed by atoms with van der Waals surface area (Å²) in [5.74, 6) is 0.888. The first kappa shape index (κ1) is 15.9. The molecule has 1 heterocycles. The van der Waals surface area contributed by atoms with Gasteiger partial charge < -0.3 is 19.7 Å². The summed E-state index contributed by atoms with van der Waals surface area (Å²) in [5, 5.41) is 3.57. The zero-order valence-electron chi connectivity index (χ0n) is 12.1. The van der Waals surface area contributed by atoms with Crippen LogP contribution < -0.4 is 5.32 Å². The van der Waals surface area contributed by atoms with E-state index < -0.39 is 0 Å². The van der Waals surface area contributed by atoms with Crippen LogP contribution in [0.3, 0.4) is 0 Å². The van der Waals surface area contributed by atoms with Crippen LogP contribution in [0.4, 0.5) is 0 Å². The molecule has 1 fully saturated rings. The van der Waals surface area contributed by atoms with Crippen LogP contribution >= 0.6 is 0 Å². The molecule has 0 amide bonds. The highest BCUT2D eigenvalue weighted by Gasteiger charge is 2.15. The molecule has 0 aromatic carbocycles. The van der Waals surface area contributed by atoms with Gasteiger partial charge in [-0.1, -0.05) is 0 Å². The lowest BCUT2D eigenvalue weighted by atomic mass is 9.97. The predicted molar refractivity (Wildman–Crippen MR) is 75.0 cm³/mol. The van der Waals surface area contributed by atoms with Gasteiger partial charge in [-0.05, 0) is 64.8 Å². The maximum Gasteiger partial charge on any atom is 0.0700 e. The van der Waals surface area contributed by atoms with Crippen molar-refractivity contribution in [2.45, 2.75) is 25.7 Å². The van der Waals surface area contributed by atoms with E-state index in [1.54, 1.807) is 7.11 Å². The number of hydrogen-bond acceptors (Lipinski definition) is 4. The minimum absolute atomic E-state index is 0.703. The van der Waals surface area contributed by atoms with E-state index in [0.717, 1.165) is 32.1 Å². The van der Waals surface area contributed by atoms with E-state index >= 15 is 0 Å². The molecule has 1 rings (SSSR count). The number of methoxy groups -OCH3 is 1. The lowest BCUT2D eigenvalue weighted by Gasteiger charge is -2.29. The van der Waals surface area contributed by atoms with Gasteiger partial charge in [-0.25, -0.2) is 0 Å².